The van der Waals surface area contributed by atoms with Gasteiger partial charge in [-0.2, -0.15) is 0 Å². The van der Waals surface area contributed by atoms with E-state index >= 15 is 0 Å². The third kappa shape index (κ3) is 2.70. The maximum absolute atomic E-state index is 11.9. The summed E-state index contributed by atoms with van der Waals surface area (Å²) in [5, 5.41) is 7.93. The van der Waals surface area contributed by atoms with Crippen molar-refractivity contribution in [3.8, 4) is 0 Å². The van der Waals surface area contributed by atoms with Gasteiger partial charge in [-0.25, -0.2) is 13.6 Å². The van der Waals surface area contributed by atoms with E-state index in [1.165, 1.54) is 24.3 Å². The Kier molecular flexibility index (Phi) is 3.16. The van der Waals surface area contributed by atoms with Gasteiger partial charge in [0.15, 0.2) is 0 Å². The Morgan fingerprint density at radius 3 is 2.22 bits per heavy atom. The van der Waals surface area contributed by atoms with Gasteiger partial charge in [-0.05, 0) is 50.5 Å². The molecular weight excluding hydrogens is 252 g/mol. The van der Waals surface area contributed by atoms with Crippen molar-refractivity contribution in [3.63, 3.8) is 0 Å². The molecule has 1 aromatic rings. The second kappa shape index (κ2) is 4.37. The summed E-state index contributed by atoms with van der Waals surface area (Å²) in [4.78, 5) is 11.9. The largest absolute Gasteiger partial charge is 0.347 e. The number of carbonyl (C=O) groups is 1. The second-order valence-electron chi connectivity index (χ2n) is 4.94. The number of hydrogen-bond acceptors (Lipinski definition) is 3. The highest BCUT2D eigenvalue weighted by Gasteiger charge is 2.33. The van der Waals surface area contributed by atoms with E-state index in [0.717, 1.165) is 19.3 Å². The quantitative estimate of drug-likeness (QED) is 0.857. The number of amides is 1. The van der Waals surface area contributed by atoms with E-state index in [2.05, 4.69) is 5.32 Å². The Bertz CT molecular complexity index is 559. The van der Waals surface area contributed by atoms with Crippen LogP contribution in [0.5, 0.6) is 0 Å². The van der Waals surface area contributed by atoms with E-state index in [9.17, 15) is 13.2 Å². The van der Waals surface area contributed by atoms with E-state index in [0.29, 0.717) is 5.56 Å². The van der Waals surface area contributed by atoms with Gasteiger partial charge in [0.25, 0.3) is 5.91 Å². The predicted molar refractivity (Wildman–Crippen MR) is 67.5 cm³/mol. The van der Waals surface area contributed by atoms with Crippen LogP contribution in [0.25, 0.3) is 0 Å². The SMILES string of the molecule is CC1(NC(=O)c2ccc(S(N)(=O)=O)cc2)CCC1. The van der Waals surface area contributed by atoms with Crippen LogP contribution < -0.4 is 10.5 Å². The lowest BCUT2D eigenvalue weighted by molar-refractivity contribution is 0.0850. The zero-order valence-corrected chi connectivity index (χ0v) is 11.0. The molecule has 0 aromatic heterocycles. The van der Waals surface area contributed by atoms with Crippen LogP contribution in [0.2, 0.25) is 0 Å². The van der Waals surface area contributed by atoms with Gasteiger partial charge in [0.1, 0.15) is 0 Å². The maximum Gasteiger partial charge on any atom is 0.251 e. The van der Waals surface area contributed by atoms with E-state index in [-0.39, 0.29) is 16.3 Å². The molecule has 0 unspecified atom stereocenters. The number of nitrogens with two attached hydrogens (primary N) is 1. The van der Waals surface area contributed by atoms with Crippen molar-refractivity contribution in [1.29, 1.82) is 0 Å². The predicted octanol–water partition coefficient (Wildman–Crippen LogP) is 1.01. The molecule has 98 valence electrons. The number of hydrogen-bond donors (Lipinski definition) is 2. The second-order valence-corrected chi connectivity index (χ2v) is 6.50. The molecule has 5 nitrogen and oxygen atoms in total. The van der Waals surface area contributed by atoms with Crippen LogP contribution in [0.4, 0.5) is 0 Å². The summed E-state index contributed by atoms with van der Waals surface area (Å²) in [5.74, 6) is -0.182. The van der Waals surface area contributed by atoms with Crippen LogP contribution in [0.1, 0.15) is 36.5 Å². The van der Waals surface area contributed by atoms with Crippen LogP contribution in [0.15, 0.2) is 29.2 Å². The molecule has 1 amide bonds. The summed E-state index contributed by atoms with van der Waals surface area (Å²) in [6.45, 7) is 2.01. The first-order valence-corrected chi connectivity index (χ1v) is 7.30. The van der Waals surface area contributed by atoms with Gasteiger partial charge < -0.3 is 5.32 Å². The van der Waals surface area contributed by atoms with Gasteiger partial charge in [-0.3, -0.25) is 4.79 Å². The summed E-state index contributed by atoms with van der Waals surface area (Å²) in [6.07, 6.45) is 3.09. The van der Waals surface area contributed by atoms with E-state index in [4.69, 9.17) is 5.14 Å². The Balaban J connectivity index is 2.12. The van der Waals surface area contributed by atoms with Crippen LogP contribution >= 0.6 is 0 Å². The summed E-state index contributed by atoms with van der Waals surface area (Å²) < 4.78 is 22.2. The van der Waals surface area contributed by atoms with E-state index < -0.39 is 10.0 Å². The molecule has 0 radical (unpaired) electrons. The highest BCUT2D eigenvalue weighted by molar-refractivity contribution is 7.89. The smallest absolute Gasteiger partial charge is 0.251 e. The molecule has 1 aliphatic carbocycles. The highest BCUT2D eigenvalue weighted by Crippen LogP contribution is 2.31. The Hall–Kier alpha value is -1.40. The minimum Gasteiger partial charge on any atom is -0.347 e. The van der Waals surface area contributed by atoms with Gasteiger partial charge in [0.05, 0.1) is 4.90 Å². The molecule has 6 heteroatoms. The fraction of sp³-hybridized carbons (Fsp3) is 0.417. The molecule has 1 fully saturated rings. The molecule has 1 aromatic carbocycles. The molecule has 18 heavy (non-hydrogen) atoms. The molecule has 2 rings (SSSR count). The monoisotopic (exact) mass is 268 g/mol. The Labute approximate surface area is 106 Å². The first-order valence-electron chi connectivity index (χ1n) is 5.76. The maximum atomic E-state index is 11.9. The lowest BCUT2D eigenvalue weighted by Gasteiger charge is -2.39. The molecule has 1 saturated carbocycles. The summed E-state index contributed by atoms with van der Waals surface area (Å²) in [5.41, 5.74) is 0.325. The molecular formula is C12H16N2O3S. The summed E-state index contributed by atoms with van der Waals surface area (Å²) in [6, 6.07) is 5.62. The van der Waals surface area contributed by atoms with Crippen LogP contribution in [-0.2, 0) is 10.0 Å². The molecule has 0 spiro atoms. The first-order chi connectivity index (χ1) is 8.30. The molecule has 0 aliphatic heterocycles. The number of rotatable bonds is 3. The average Bonchev–Trinajstić information content (AvgIpc) is 2.26. The van der Waals surface area contributed by atoms with Crippen molar-refractivity contribution in [2.24, 2.45) is 5.14 Å². The summed E-state index contributed by atoms with van der Waals surface area (Å²) >= 11 is 0. The van der Waals surface area contributed by atoms with Crippen molar-refractivity contribution < 1.29 is 13.2 Å². The average molecular weight is 268 g/mol. The van der Waals surface area contributed by atoms with Crippen molar-refractivity contribution in [2.45, 2.75) is 36.6 Å². The number of sulfonamides is 1. The van der Waals surface area contributed by atoms with E-state index in [1.54, 1.807) is 0 Å². The highest BCUT2D eigenvalue weighted by atomic mass is 32.2. The number of nitrogens with one attached hydrogen (secondary N) is 1. The van der Waals surface area contributed by atoms with Gasteiger partial charge in [0, 0.05) is 11.1 Å². The molecule has 0 atom stereocenters. The van der Waals surface area contributed by atoms with Crippen LogP contribution in [-0.4, -0.2) is 19.9 Å². The third-order valence-electron chi connectivity index (χ3n) is 3.32. The minimum absolute atomic E-state index is 0.00825. The molecule has 1 aliphatic rings. The van der Waals surface area contributed by atoms with Crippen LogP contribution in [0, 0.1) is 0 Å². The van der Waals surface area contributed by atoms with E-state index in [1.807, 2.05) is 6.92 Å². The normalized spacial score (nSPS) is 17.9. The molecule has 0 saturated heterocycles. The fourth-order valence-corrected chi connectivity index (χ4v) is 2.49. The Morgan fingerprint density at radius 2 is 1.83 bits per heavy atom. The zero-order chi connectivity index (χ0) is 13.4. The minimum atomic E-state index is -3.71. The molecule has 0 heterocycles. The standard InChI is InChI=1S/C12H16N2O3S/c1-12(7-2-8-12)14-11(15)9-3-5-10(6-4-9)18(13,16)17/h3-6H,2,7-8H2,1H3,(H,14,15)(H2,13,16,17). The number of benzene rings is 1. The van der Waals surface area contributed by atoms with Gasteiger partial charge in [0.2, 0.25) is 10.0 Å². The number of carbonyl (C=O) groups excluding carboxylic acids is 1. The fourth-order valence-electron chi connectivity index (χ4n) is 1.97. The van der Waals surface area contributed by atoms with Crippen molar-refractivity contribution >= 4 is 15.9 Å². The topological polar surface area (TPSA) is 89.3 Å². The van der Waals surface area contributed by atoms with Crippen molar-refractivity contribution in [2.75, 3.05) is 0 Å². The third-order valence-corrected chi connectivity index (χ3v) is 4.25. The molecule has 3 N–H and O–H groups in total. The Morgan fingerprint density at radius 1 is 1.28 bits per heavy atom. The first kappa shape index (κ1) is 13.0. The zero-order valence-electron chi connectivity index (χ0n) is 10.1. The number of primary sulfonamides is 1. The van der Waals surface area contributed by atoms with Gasteiger partial charge >= 0.3 is 0 Å². The lowest BCUT2D eigenvalue weighted by atomic mass is 9.78. The van der Waals surface area contributed by atoms with Crippen molar-refractivity contribution in [1.82, 2.24) is 5.32 Å². The van der Waals surface area contributed by atoms with Gasteiger partial charge in [-0.15, -0.1) is 0 Å². The lowest BCUT2D eigenvalue weighted by Crippen LogP contribution is -2.50. The van der Waals surface area contributed by atoms with Crippen LogP contribution in [0.3, 0.4) is 0 Å². The molecule has 0 bridgehead atoms. The summed E-state index contributed by atoms with van der Waals surface area (Å²) in [7, 11) is -3.71. The van der Waals surface area contributed by atoms with Gasteiger partial charge in [-0.1, -0.05) is 0 Å². The van der Waals surface area contributed by atoms with Crippen molar-refractivity contribution in [3.05, 3.63) is 29.8 Å².